The Kier molecular flexibility index (Phi) is 2.99. The van der Waals surface area contributed by atoms with E-state index in [0.717, 1.165) is 16.4 Å². The van der Waals surface area contributed by atoms with Crippen molar-refractivity contribution in [1.29, 1.82) is 0 Å². The average Bonchev–Trinajstić information content (AvgIpc) is 2.47. The van der Waals surface area contributed by atoms with Gasteiger partial charge in [0, 0.05) is 11.8 Å². The molecule has 18 heavy (non-hydrogen) atoms. The number of rotatable bonds is 2. The van der Waals surface area contributed by atoms with Gasteiger partial charge in [0.1, 0.15) is 0 Å². The number of hydrogen-bond acceptors (Lipinski definition) is 3. The highest BCUT2D eigenvalue weighted by Crippen LogP contribution is 2.27. The molecular weight excluding hydrogens is 240 g/mol. The molecule has 0 unspecified atom stereocenters. The van der Waals surface area contributed by atoms with Crippen molar-refractivity contribution in [3.05, 3.63) is 54.7 Å². The molecule has 0 aliphatic heterocycles. The van der Waals surface area contributed by atoms with E-state index >= 15 is 0 Å². The van der Waals surface area contributed by atoms with Gasteiger partial charge >= 0.3 is 0 Å². The molecule has 3 aromatic rings. The monoisotopic (exact) mass is 252 g/mol. The van der Waals surface area contributed by atoms with Gasteiger partial charge < -0.3 is 0 Å². The Hall–Kier alpha value is -1.87. The van der Waals surface area contributed by atoms with Crippen LogP contribution in [-0.2, 0) is 0 Å². The maximum absolute atomic E-state index is 4.56. The number of hydrogen-bond donors (Lipinski definition) is 0. The first kappa shape index (κ1) is 11.2. The van der Waals surface area contributed by atoms with Crippen molar-refractivity contribution in [2.75, 3.05) is 6.26 Å². The quantitative estimate of drug-likeness (QED) is 0.509. The van der Waals surface area contributed by atoms with E-state index in [-0.39, 0.29) is 0 Å². The molecule has 0 N–H and O–H groups in total. The van der Waals surface area contributed by atoms with Crippen molar-refractivity contribution in [2.45, 2.75) is 5.16 Å². The molecule has 1 heterocycles. The lowest BCUT2D eigenvalue weighted by Crippen LogP contribution is -1.89. The molecular formula is C15H12N2S. The van der Waals surface area contributed by atoms with Crippen LogP contribution in [0.1, 0.15) is 0 Å². The van der Waals surface area contributed by atoms with Crippen molar-refractivity contribution in [2.24, 2.45) is 0 Å². The fourth-order valence-electron chi connectivity index (χ4n) is 2.04. The summed E-state index contributed by atoms with van der Waals surface area (Å²) in [5, 5.41) is 3.27. The molecule has 0 saturated heterocycles. The molecule has 0 saturated carbocycles. The van der Waals surface area contributed by atoms with Gasteiger partial charge in [-0.15, -0.1) is 0 Å². The minimum Gasteiger partial charge on any atom is -0.231 e. The van der Waals surface area contributed by atoms with Crippen LogP contribution in [0.25, 0.3) is 22.0 Å². The van der Waals surface area contributed by atoms with Crippen LogP contribution in [0.4, 0.5) is 0 Å². The summed E-state index contributed by atoms with van der Waals surface area (Å²) in [4.78, 5) is 8.78. The lowest BCUT2D eigenvalue weighted by Gasteiger charge is -2.06. The smallest absolute Gasteiger partial charge is 0.187 e. The molecule has 0 bridgehead atoms. The maximum Gasteiger partial charge on any atom is 0.187 e. The third-order valence-corrected chi connectivity index (χ3v) is 3.44. The Labute approximate surface area is 110 Å². The summed E-state index contributed by atoms with van der Waals surface area (Å²) < 4.78 is 0. The van der Waals surface area contributed by atoms with E-state index in [1.165, 1.54) is 10.8 Å². The Morgan fingerprint density at radius 3 is 2.67 bits per heavy atom. The van der Waals surface area contributed by atoms with Crippen LogP contribution >= 0.6 is 11.8 Å². The Morgan fingerprint density at radius 1 is 0.944 bits per heavy atom. The summed E-state index contributed by atoms with van der Waals surface area (Å²) in [6.45, 7) is 0. The van der Waals surface area contributed by atoms with E-state index in [2.05, 4.69) is 52.4 Å². The molecule has 88 valence electrons. The third kappa shape index (κ3) is 1.97. The van der Waals surface area contributed by atoms with E-state index < -0.39 is 0 Å². The van der Waals surface area contributed by atoms with Gasteiger partial charge in [0.05, 0.1) is 5.69 Å². The Balaban J connectivity index is 2.24. The second-order valence-electron chi connectivity index (χ2n) is 3.96. The van der Waals surface area contributed by atoms with Crippen molar-refractivity contribution >= 4 is 22.5 Å². The van der Waals surface area contributed by atoms with Crippen LogP contribution in [0.15, 0.2) is 59.9 Å². The summed E-state index contributed by atoms with van der Waals surface area (Å²) in [6, 6.07) is 16.6. The molecule has 0 atom stereocenters. The molecule has 3 rings (SSSR count). The van der Waals surface area contributed by atoms with Crippen molar-refractivity contribution in [1.82, 2.24) is 9.97 Å². The van der Waals surface area contributed by atoms with Crippen LogP contribution in [-0.4, -0.2) is 16.2 Å². The predicted octanol–water partition coefficient (Wildman–Crippen LogP) is 4.02. The fourth-order valence-corrected chi connectivity index (χ4v) is 2.39. The molecule has 0 radical (unpaired) electrons. The first-order valence-corrected chi connectivity index (χ1v) is 6.96. The molecule has 0 spiro atoms. The lowest BCUT2D eigenvalue weighted by atomic mass is 10.0. The van der Waals surface area contributed by atoms with Gasteiger partial charge in [0.15, 0.2) is 5.16 Å². The Bertz CT molecular complexity index is 689. The second-order valence-corrected chi connectivity index (χ2v) is 4.73. The largest absolute Gasteiger partial charge is 0.231 e. The van der Waals surface area contributed by atoms with Crippen LogP contribution in [0.5, 0.6) is 0 Å². The number of thioether (sulfide) groups is 1. The zero-order chi connectivity index (χ0) is 12.4. The van der Waals surface area contributed by atoms with Gasteiger partial charge in [-0.3, -0.25) is 0 Å². The molecule has 2 aromatic carbocycles. The summed E-state index contributed by atoms with van der Waals surface area (Å²) in [5.41, 5.74) is 2.14. The number of fused-ring (bicyclic) bond motifs is 1. The summed E-state index contributed by atoms with van der Waals surface area (Å²) in [5.74, 6) is 0. The van der Waals surface area contributed by atoms with E-state index in [0.29, 0.717) is 0 Å². The van der Waals surface area contributed by atoms with Crippen LogP contribution in [0.3, 0.4) is 0 Å². The minimum absolute atomic E-state index is 0.806. The molecule has 2 nitrogen and oxygen atoms in total. The fraction of sp³-hybridized carbons (Fsp3) is 0.0667. The van der Waals surface area contributed by atoms with E-state index in [1.54, 1.807) is 11.8 Å². The van der Waals surface area contributed by atoms with E-state index in [9.17, 15) is 0 Å². The predicted molar refractivity (Wildman–Crippen MR) is 76.8 cm³/mol. The van der Waals surface area contributed by atoms with Gasteiger partial charge in [-0.2, -0.15) is 0 Å². The number of aromatic nitrogens is 2. The summed E-state index contributed by atoms with van der Waals surface area (Å²) in [6.07, 6.45) is 3.80. The SMILES string of the molecule is CSc1nccc(-c2cccc3ccccc23)n1. The first-order chi connectivity index (χ1) is 8.88. The van der Waals surface area contributed by atoms with Gasteiger partial charge in [-0.1, -0.05) is 54.2 Å². The summed E-state index contributed by atoms with van der Waals surface area (Å²) >= 11 is 1.56. The van der Waals surface area contributed by atoms with Gasteiger partial charge in [0.2, 0.25) is 0 Å². The average molecular weight is 252 g/mol. The molecule has 0 aliphatic carbocycles. The van der Waals surface area contributed by atoms with Crippen molar-refractivity contribution < 1.29 is 0 Å². The third-order valence-electron chi connectivity index (χ3n) is 2.88. The normalized spacial score (nSPS) is 10.7. The Morgan fingerprint density at radius 2 is 1.78 bits per heavy atom. The van der Waals surface area contributed by atoms with E-state index in [4.69, 9.17) is 0 Å². The van der Waals surface area contributed by atoms with Gasteiger partial charge in [0.25, 0.3) is 0 Å². The first-order valence-electron chi connectivity index (χ1n) is 5.73. The molecule has 1 aromatic heterocycles. The number of nitrogens with zero attached hydrogens (tertiary/aromatic N) is 2. The highest BCUT2D eigenvalue weighted by molar-refractivity contribution is 7.98. The lowest BCUT2D eigenvalue weighted by molar-refractivity contribution is 0.977. The van der Waals surface area contributed by atoms with Crippen LogP contribution < -0.4 is 0 Å². The zero-order valence-electron chi connectivity index (χ0n) is 10.00. The molecule has 0 amide bonds. The topological polar surface area (TPSA) is 25.8 Å². The molecule has 0 aliphatic rings. The van der Waals surface area contributed by atoms with Crippen molar-refractivity contribution in [3.63, 3.8) is 0 Å². The van der Waals surface area contributed by atoms with Gasteiger partial charge in [-0.05, 0) is 23.1 Å². The standard InChI is InChI=1S/C15H12N2S/c1-18-15-16-10-9-14(17-15)13-8-4-6-11-5-2-3-7-12(11)13/h2-10H,1H3. The van der Waals surface area contributed by atoms with Crippen LogP contribution in [0.2, 0.25) is 0 Å². The number of benzene rings is 2. The van der Waals surface area contributed by atoms with Gasteiger partial charge in [-0.25, -0.2) is 9.97 Å². The summed E-state index contributed by atoms with van der Waals surface area (Å²) in [7, 11) is 0. The molecule has 3 heteroatoms. The zero-order valence-corrected chi connectivity index (χ0v) is 10.8. The van der Waals surface area contributed by atoms with Crippen molar-refractivity contribution in [3.8, 4) is 11.3 Å². The maximum atomic E-state index is 4.56. The second kappa shape index (κ2) is 4.78. The molecule has 0 fully saturated rings. The van der Waals surface area contributed by atoms with E-state index in [1.807, 2.05) is 18.5 Å². The minimum atomic E-state index is 0.806. The van der Waals surface area contributed by atoms with Crippen LogP contribution in [0, 0.1) is 0 Å². The highest BCUT2D eigenvalue weighted by Gasteiger charge is 2.05. The highest BCUT2D eigenvalue weighted by atomic mass is 32.2.